The van der Waals surface area contributed by atoms with Crippen LogP contribution in [0.25, 0.3) is 0 Å². The highest BCUT2D eigenvalue weighted by molar-refractivity contribution is 8.01. The number of carbonyl (C=O) groups is 2. The van der Waals surface area contributed by atoms with Crippen LogP contribution in [0, 0.1) is 0 Å². The van der Waals surface area contributed by atoms with Crippen molar-refractivity contribution in [1.29, 1.82) is 0 Å². The summed E-state index contributed by atoms with van der Waals surface area (Å²) in [6.07, 6.45) is 0. The SMILES string of the molecule is O=C1CSC(c2cccc(Cl)c2)N1N1C(=O)CSC1c1cccc(Cl)c1. The smallest absolute Gasteiger partial charge is 0.252 e. The Balaban J connectivity index is 1.72. The Morgan fingerprint density at radius 3 is 1.58 bits per heavy atom. The van der Waals surface area contributed by atoms with E-state index in [2.05, 4.69) is 0 Å². The van der Waals surface area contributed by atoms with Gasteiger partial charge in [-0.25, -0.2) is 10.0 Å². The third-order valence-electron chi connectivity index (χ3n) is 4.18. The molecule has 4 rings (SSSR count). The normalized spacial score (nSPS) is 23.2. The molecule has 8 heteroatoms. The van der Waals surface area contributed by atoms with Crippen LogP contribution < -0.4 is 0 Å². The van der Waals surface area contributed by atoms with Crippen molar-refractivity contribution in [3.05, 3.63) is 69.7 Å². The van der Waals surface area contributed by atoms with E-state index >= 15 is 0 Å². The molecule has 26 heavy (non-hydrogen) atoms. The lowest BCUT2D eigenvalue weighted by atomic mass is 10.2. The first-order valence-corrected chi connectivity index (χ1v) is 10.8. The standard InChI is InChI=1S/C18H14Cl2N2O2S2/c19-13-5-1-3-11(7-13)17-21(15(23)9-25-17)22-16(24)10-26-18(22)12-4-2-6-14(20)8-12/h1-8,17-18H,9-10H2. The summed E-state index contributed by atoms with van der Waals surface area (Å²) in [7, 11) is 0. The maximum atomic E-state index is 12.7. The molecule has 2 unspecified atom stereocenters. The van der Waals surface area contributed by atoms with E-state index in [0.717, 1.165) is 11.1 Å². The molecule has 2 aliphatic rings. The highest BCUT2D eigenvalue weighted by atomic mass is 35.5. The van der Waals surface area contributed by atoms with Crippen molar-refractivity contribution < 1.29 is 9.59 Å². The van der Waals surface area contributed by atoms with Gasteiger partial charge >= 0.3 is 0 Å². The van der Waals surface area contributed by atoms with Gasteiger partial charge in [0.15, 0.2) is 0 Å². The average molecular weight is 425 g/mol. The molecular weight excluding hydrogens is 411 g/mol. The van der Waals surface area contributed by atoms with Crippen LogP contribution in [-0.2, 0) is 9.59 Å². The van der Waals surface area contributed by atoms with Crippen molar-refractivity contribution in [2.75, 3.05) is 11.5 Å². The number of hydrazine groups is 1. The van der Waals surface area contributed by atoms with Gasteiger partial charge in [0.1, 0.15) is 10.7 Å². The van der Waals surface area contributed by atoms with E-state index in [0.29, 0.717) is 21.6 Å². The molecule has 2 fully saturated rings. The van der Waals surface area contributed by atoms with Gasteiger partial charge in [0, 0.05) is 10.0 Å². The zero-order valence-electron chi connectivity index (χ0n) is 13.5. The minimum atomic E-state index is -0.273. The van der Waals surface area contributed by atoms with E-state index in [1.165, 1.54) is 23.5 Å². The van der Waals surface area contributed by atoms with Crippen LogP contribution in [0.2, 0.25) is 10.0 Å². The summed E-state index contributed by atoms with van der Waals surface area (Å²) in [4.78, 5) is 25.3. The second-order valence-electron chi connectivity index (χ2n) is 5.91. The van der Waals surface area contributed by atoms with Crippen LogP contribution in [-0.4, -0.2) is 33.3 Å². The third-order valence-corrected chi connectivity index (χ3v) is 7.06. The first-order chi connectivity index (χ1) is 12.5. The Labute approximate surface area is 169 Å². The van der Waals surface area contributed by atoms with Gasteiger partial charge in [-0.15, -0.1) is 23.5 Å². The summed E-state index contributed by atoms with van der Waals surface area (Å²) in [5.74, 6) is 0.493. The molecular formula is C18H14Cl2N2O2S2. The van der Waals surface area contributed by atoms with E-state index in [4.69, 9.17) is 23.2 Å². The Bertz CT molecular complexity index is 808. The minimum absolute atomic E-state index is 0.0807. The number of amides is 2. The van der Waals surface area contributed by atoms with Crippen LogP contribution in [0.1, 0.15) is 21.9 Å². The number of rotatable bonds is 3. The summed E-state index contributed by atoms with van der Waals surface area (Å²) in [6, 6.07) is 14.8. The number of hydrogen-bond acceptors (Lipinski definition) is 4. The van der Waals surface area contributed by atoms with E-state index in [9.17, 15) is 9.59 Å². The largest absolute Gasteiger partial charge is 0.272 e. The van der Waals surface area contributed by atoms with Crippen molar-refractivity contribution in [3.63, 3.8) is 0 Å². The molecule has 134 valence electrons. The van der Waals surface area contributed by atoms with Gasteiger partial charge in [-0.1, -0.05) is 47.5 Å². The molecule has 0 radical (unpaired) electrons. The van der Waals surface area contributed by atoms with Crippen molar-refractivity contribution >= 4 is 58.5 Å². The van der Waals surface area contributed by atoms with Crippen molar-refractivity contribution in [2.45, 2.75) is 10.7 Å². The molecule has 0 bridgehead atoms. The Morgan fingerprint density at radius 2 is 1.19 bits per heavy atom. The van der Waals surface area contributed by atoms with Crippen molar-refractivity contribution in [1.82, 2.24) is 10.0 Å². The highest BCUT2D eigenvalue weighted by Crippen LogP contribution is 2.47. The molecule has 0 aromatic heterocycles. The maximum Gasteiger partial charge on any atom is 0.252 e. The number of nitrogens with zero attached hydrogens (tertiary/aromatic N) is 2. The number of benzene rings is 2. The fourth-order valence-corrected chi connectivity index (χ4v) is 5.76. The van der Waals surface area contributed by atoms with E-state index in [-0.39, 0.29) is 22.6 Å². The van der Waals surface area contributed by atoms with Gasteiger partial charge in [0.2, 0.25) is 0 Å². The van der Waals surface area contributed by atoms with Crippen molar-refractivity contribution in [2.24, 2.45) is 0 Å². The van der Waals surface area contributed by atoms with Gasteiger partial charge in [-0.05, 0) is 35.4 Å². The van der Waals surface area contributed by atoms with E-state index < -0.39 is 0 Å². The minimum Gasteiger partial charge on any atom is -0.272 e. The molecule has 2 aromatic rings. The molecule has 2 heterocycles. The van der Waals surface area contributed by atoms with Crippen LogP contribution >= 0.6 is 46.7 Å². The lowest BCUT2D eigenvalue weighted by molar-refractivity contribution is -0.161. The predicted molar refractivity (Wildman–Crippen MR) is 107 cm³/mol. The Kier molecular flexibility index (Phi) is 5.10. The molecule has 2 saturated heterocycles. The lowest BCUT2D eigenvalue weighted by Gasteiger charge is -2.36. The molecule has 0 aliphatic carbocycles. The Morgan fingerprint density at radius 1 is 0.769 bits per heavy atom. The summed E-state index contributed by atoms with van der Waals surface area (Å²) >= 11 is 15.2. The van der Waals surface area contributed by atoms with E-state index in [1.807, 2.05) is 36.4 Å². The molecule has 2 aliphatic heterocycles. The summed E-state index contributed by atoms with van der Waals surface area (Å²) in [5, 5.41) is 3.84. The van der Waals surface area contributed by atoms with Crippen LogP contribution in [0.4, 0.5) is 0 Å². The van der Waals surface area contributed by atoms with Gasteiger partial charge < -0.3 is 0 Å². The quantitative estimate of drug-likeness (QED) is 0.711. The van der Waals surface area contributed by atoms with Gasteiger partial charge in [-0.2, -0.15) is 0 Å². The number of halogens is 2. The van der Waals surface area contributed by atoms with Gasteiger partial charge in [0.25, 0.3) is 11.8 Å². The number of thioether (sulfide) groups is 2. The second kappa shape index (κ2) is 7.35. The molecule has 0 N–H and O–H groups in total. The molecule has 4 nitrogen and oxygen atoms in total. The molecule has 2 atom stereocenters. The molecule has 0 saturated carbocycles. The zero-order valence-corrected chi connectivity index (χ0v) is 16.6. The number of hydrogen-bond donors (Lipinski definition) is 0. The third kappa shape index (κ3) is 3.31. The zero-order chi connectivity index (χ0) is 18.3. The summed E-state index contributed by atoms with van der Waals surface area (Å²) in [5.41, 5.74) is 1.81. The summed E-state index contributed by atoms with van der Waals surface area (Å²) < 4.78 is 0. The van der Waals surface area contributed by atoms with E-state index in [1.54, 1.807) is 22.2 Å². The van der Waals surface area contributed by atoms with Crippen LogP contribution in [0.3, 0.4) is 0 Å². The average Bonchev–Trinajstić information content (AvgIpc) is 3.17. The Hall–Kier alpha value is -1.34. The molecule has 2 amide bonds. The fourth-order valence-electron chi connectivity index (χ4n) is 3.10. The highest BCUT2D eigenvalue weighted by Gasteiger charge is 2.45. The summed E-state index contributed by atoms with van der Waals surface area (Å²) in [6.45, 7) is 0. The first kappa shape index (κ1) is 18.0. The second-order valence-corrected chi connectivity index (χ2v) is 8.92. The maximum absolute atomic E-state index is 12.7. The van der Waals surface area contributed by atoms with Crippen molar-refractivity contribution in [3.8, 4) is 0 Å². The lowest BCUT2D eigenvalue weighted by Crippen LogP contribution is -2.47. The van der Waals surface area contributed by atoms with Crippen LogP contribution in [0.15, 0.2) is 48.5 Å². The van der Waals surface area contributed by atoms with Gasteiger partial charge in [0.05, 0.1) is 11.5 Å². The predicted octanol–water partition coefficient (Wildman–Crippen LogP) is 4.76. The fraction of sp³-hybridized carbons (Fsp3) is 0.222. The van der Waals surface area contributed by atoms with Gasteiger partial charge in [-0.3, -0.25) is 9.59 Å². The monoisotopic (exact) mass is 424 g/mol. The topological polar surface area (TPSA) is 40.6 Å². The number of carbonyl (C=O) groups excluding carboxylic acids is 2. The van der Waals surface area contributed by atoms with Crippen LogP contribution in [0.5, 0.6) is 0 Å². The first-order valence-electron chi connectivity index (χ1n) is 7.93. The molecule has 0 spiro atoms. The molecule has 2 aromatic carbocycles.